The third-order valence-electron chi connectivity index (χ3n) is 4.97. The number of nitrogens with one attached hydrogen (secondary N) is 3. The molecule has 3 N–H and O–H groups in total. The van der Waals surface area contributed by atoms with Crippen molar-refractivity contribution < 1.29 is 13.6 Å². The number of nitrogens with zero attached hydrogens (tertiary/aromatic N) is 2. The fourth-order valence-corrected chi connectivity index (χ4v) is 3.71. The molecule has 1 fully saturated rings. The lowest BCUT2D eigenvalue weighted by atomic mass is 9.93. The van der Waals surface area contributed by atoms with E-state index in [1.54, 1.807) is 0 Å². The lowest BCUT2D eigenvalue weighted by Gasteiger charge is -2.18. The van der Waals surface area contributed by atoms with Gasteiger partial charge < -0.3 is 16.0 Å². The van der Waals surface area contributed by atoms with Crippen molar-refractivity contribution >= 4 is 23.6 Å². The quantitative estimate of drug-likeness (QED) is 0.733. The van der Waals surface area contributed by atoms with Gasteiger partial charge in [0, 0.05) is 23.5 Å². The first-order chi connectivity index (χ1) is 12.6. The Morgan fingerprint density at radius 1 is 1.23 bits per heavy atom. The molecule has 6 nitrogen and oxygen atoms in total. The Kier molecular flexibility index (Phi) is 4.10. The molecule has 0 radical (unpaired) electrons. The van der Waals surface area contributed by atoms with Crippen LogP contribution in [0.4, 0.5) is 20.3 Å². The first kappa shape index (κ1) is 16.6. The van der Waals surface area contributed by atoms with Crippen molar-refractivity contribution in [3.05, 3.63) is 46.9 Å². The summed E-state index contributed by atoms with van der Waals surface area (Å²) in [5, 5.41) is 13.6. The number of benzene rings is 1. The molecule has 0 spiro atoms. The highest BCUT2D eigenvalue weighted by molar-refractivity contribution is 6.06. The Morgan fingerprint density at radius 3 is 2.73 bits per heavy atom. The zero-order valence-corrected chi connectivity index (χ0v) is 13.9. The molecule has 2 aromatic rings. The number of hydrogen-bond acceptors (Lipinski definition) is 5. The molecule has 4 rings (SSSR count). The van der Waals surface area contributed by atoms with E-state index < -0.39 is 23.5 Å². The maximum Gasteiger partial charge on any atom is 0.238 e. The van der Waals surface area contributed by atoms with E-state index in [-0.39, 0.29) is 23.0 Å². The van der Waals surface area contributed by atoms with E-state index in [0.717, 1.165) is 38.0 Å². The second-order valence-electron chi connectivity index (χ2n) is 6.54. The largest absolute Gasteiger partial charge is 0.367 e. The molecule has 8 heteroatoms. The Morgan fingerprint density at radius 2 is 2.00 bits per heavy atom. The molecule has 1 aliphatic carbocycles. The van der Waals surface area contributed by atoms with Crippen LogP contribution in [0.1, 0.15) is 48.4 Å². The maximum absolute atomic E-state index is 14.4. The van der Waals surface area contributed by atoms with Crippen molar-refractivity contribution in [3.63, 3.8) is 0 Å². The van der Waals surface area contributed by atoms with Gasteiger partial charge in [0.05, 0.1) is 11.3 Å². The Balaban J connectivity index is 1.80. The van der Waals surface area contributed by atoms with Gasteiger partial charge in [0.2, 0.25) is 5.91 Å². The molecule has 1 aliphatic heterocycles. The highest BCUT2D eigenvalue weighted by Gasteiger charge is 2.38. The van der Waals surface area contributed by atoms with E-state index in [0.29, 0.717) is 11.4 Å². The van der Waals surface area contributed by atoms with Gasteiger partial charge in [-0.25, -0.2) is 18.7 Å². The first-order valence-electron chi connectivity index (χ1n) is 8.50. The number of rotatable bonds is 4. The van der Waals surface area contributed by atoms with E-state index in [1.807, 2.05) is 0 Å². The van der Waals surface area contributed by atoms with Crippen molar-refractivity contribution in [2.45, 2.75) is 37.6 Å². The van der Waals surface area contributed by atoms with Crippen molar-refractivity contribution in [1.29, 1.82) is 5.41 Å². The van der Waals surface area contributed by atoms with Crippen LogP contribution < -0.4 is 10.6 Å². The lowest BCUT2D eigenvalue weighted by Crippen LogP contribution is -2.21. The van der Waals surface area contributed by atoms with Crippen LogP contribution in [0.25, 0.3) is 0 Å². The summed E-state index contributed by atoms with van der Waals surface area (Å²) in [6, 6.07) is 2.55. The number of carbonyl (C=O) groups is 1. The van der Waals surface area contributed by atoms with Crippen LogP contribution in [0.3, 0.4) is 0 Å². The Labute approximate surface area is 148 Å². The second kappa shape index (κ2) is 6.44. The van der Waals surface area contributed by atoms with Gasteiger partial charge in [-0.3, -0.25) is 4.79 Å². The van der Waals surface area contributed by atoms with Crippen LogP contribution in [0.5, 0.6) is 0 Å². The van der Waals surface area contributed by atoms with Crippen LogP contribution in [-0.2, 0) is 4.79 Å². The smallest absolute Gasteiger partial charge is 0.238 e. The average Bonchev–Trinajstić information content (AvgIpc) is 3.25. The van der Waals surface area contributed by atoms with Gasteiger partial charge in [-0.2, -0.15) is 0 Å². The number of amides is 1. The summed E-state index contributed by atoms with van der Waals surface area (Å²) in [7, 11) is 0. The first-order valence-corrected chi connectivity index (χ1v) is 8.50. The molecule has 1 unspecified atom stereocenters. The molecule has 2 heterocycles. The molecule has 0 saturated heterocycles. The number of halogens is 2. The maximum atomic E-state index is 14.4. The van der Waals surface area contributed by atoms with Crippen molar-refractivity contribution in [2.75, 3.05) is 10.6 Å². The van der Waals surface area contributed by atoms with Crippen LogP contribution in [0, 0.1) is 17.0 Å². The van der Waals surface area contributed by atoms with Crippen LogP contribution in [-0.4, -0.2) is 28.1 Å². The normalized spacial score (nSPS) is 19.3. The van der Waals surface area contributed by atoms with Crippen molar-refractivity contribution in [2.24, 2.45) is 0 Å². The van der Waals surface area contributed by atoms with Crippen LogP contribution >= 0.6 is 0 Å². The predicted molar refractivity (Wildman–Crippen MR) is 92.6 cm³/mol. The summed E-state index contributed by atoms with van der Waals surface area (Å²) in [6.45, 7) is 0. The minimum Gasteiger partial charge on any atom is -0.367 e. The summed E-state index contributed by atoms with van der Waals surface area (Å²) in [4.78, 5) is 20.8. The molecule has 1 saturated carbocycles. The summed E-state index contributed by atoms with van der Waals surface area (Å²) in [5.41, 5.74) is 0.648. The predicted octanol–water partition coefficient (Wildman–Crippen LogP) is 3.19. The molecule has 134 valence electrons. The third kappa shape index (κ3) is 2.61. The summed E-state index contributed by atoms with van der Waals surface area (Å²) in [5.74, 6) is -3.29. The number of anilines is 2. The highest BCUT2D eigenvalue weighted by Crippen LogP contribution is 2.40. The zero-order chi connectivity index (χ0) is 18.3. The molecular formula is C18H17F2N5O. The van der Waals surface area contributed by atoms with E-state index >= 15 is 0 Å². The topological polar surface area (TPSA) is 90.8 Å². The standard InChI is InChI=1S/C18H17F2N5O/c19-11-5-6-12-13(15(11)20)14(18(26)25-12)16-10(7-21)17(23-8-22-16)24-9-3-1-2-4-9/h5-9,14,21H,1-4H2,(H,25,26)(H,22,23,24). The Hall–Kier alpha value is -2.90. The highest BCUT2D eigenvalue weighted by atomic mass is 19.2. The van der Waals surface area contributed by atoms with E-state index in [4.69, 9.17) is 5.41 Å². The van der Waals surface area contributed by atoms with Gasteiger partial charge in [-0.05, 0) is 25.0 Å². The van der Waals surface area contributed by atoms with Crippen LogP contribution in [0.2, 0.25) is 0 Å². The summed E-state index contributed by atoms with van der Waals surface area (Å²) in [6.07, 6.45) is 6.58. The molecule has 0 bridgehead atoms. The minimum absolute atomic E-state index is 0.0800. The number of hydrogen-bond donors (Lipinski definition) is 3. The molecule has 1 aromatic carbocycles. The monoisotopic (exact) mass is 357 g/mol. The van der Waals surface area contributed by atoms with Gasteiger partial charge >= 0.3 is 0 Å². The molecule has 26 heavy (non-hydrogen) atoms. The van der Waals surface area contributed by atoms with Gasteiger partial charge in [-0.15, -0.1) is 0 Å². The van der Waals surface area contributed by atoms with E-state index in [1.165, 1.54) is 12.4 Å². The summed E-state index contributed by atoms with van der Waals surface area (Å²) >= 11 is 0. The van der Waals surface area contributed by atoms with Gasteiger partial charge in [0.25, 0.3) is 0 Å². The van der Waals surface area contributed by atoms with Crippen molar-refractivity contribution in [3.8, 4) is 0 Å². The number of fused-ring (bicyclic) bond motifs is 1. The number of aromatic nitrogens is 2. The second-order valence-corrected chi connectivity index (χ2v) is 6.54. The molecule has 1 atom stereocenters. The van der Waals surface area contributed by atoms with Gasteiger partial charge in [0.1, 0.15) is 18.1 Å². The molecule has 1 amide bonds. The van der Waals surface area contributed by atoms with E-state index in [9.17, 15) is 13.6 Å². The minimum atomic E-state index is -1.12. The van der Waals surface area contributed by atoms with E-state index in [2.05, 4.69) is 20.6 Å². The molecule has 1 aromatic heterocycles. The van der Waals surface area contributed by atoms with Gasteiger partial charge in [0.15, 0.2) is 11.6 Å². The molecule has 2 aliphatic rings. The number of carbonyl (C=O) groups excluding carboxylic acids is 1. The zero-order valence-electron chi connectivity index (χ0n) is 13.9. The fraction of sp³-hybridized carbons (Fsp3) is 0.333. The summed E-state index contributed by atoms with van der Waals surface area (Å²) < 4.78 is 28.1. The fourth-order valence-electron chi connectivity index (χ4n) is 3.71. The SMILES string of the molecule is N=Cc1c(NC2CCCC2)ncnc1C1C(=O)Nc2ccc(F)c(F)c21. The lowest BCUT2D eigenvalue weighted by molar-refractivity contribution is -0.116. The van der Waals surface area contributed by atoms with Crippen LogP contribution in [0.15, 0.2) is 18.5 Å². The van der Waals surface area contributed by atoms with Crippen molar-refractivity contribution in [1.82, 2.24) is 9.97 Å². The Bertz CT molecular complexity index is 895. The van der Waals surface area contributed by atoms with Gasteiger partial charge in [-0.1, -0.05) is 12.8 Å². The third-order valence-corrected chi connectivity index (χ3v) is 4.97. The molecular weight excluding hydrogens is 340 g/mol. The average molecular weight is 357 g/mol.